The summed E-state index contributed by atoms with van der Waals surface area (Å²) >= 11 is 1.11. The smallest absolute Gasteiger partial charge is 0.337 e. The highest BCUT2D eigenvalue weighted by Gasteiger charge is 2.17. The van der Waals surface area contributed by atoms with Gasteiger partial charge in [-0.05, 0) is 12.1 Å². The lowest BCUT2D eigenvalue weighted by molar-refractivity contribution is 0.0698. The van der Waals surface area contributed by atoms with Crippen LogP contribution in [0.3, 0.4) is 0 Å². The van der Waals surface area contributed by atoms with Gasteiger partial charge in [0.25, 0.3) is 5.24 Å². The molecule has 1 aliphatic heterocycles. The average Bonchev–Trinajstić information content (AvgIpc) is 2.64. The van der Waals surface area contributed by atoms with E-state index in [-0.39, 0.29) is 10.8 Å². The number of amides is 1. The highest BCUT2D eigenvalue weighted by atomic mass is 32.2. The number of benzene rings is 1. The summed E-state index contributed by atoms with van der Waals surface area (Å²) in [6.45, 7) is 0. The molecule has 2 N–H and O–H groups in total. The van der Waals surface area contributed by atoms with Gasteiger partial charge in [0.15, 0.2) is 0 Å². The van der Waals surface area contributed by atoms with Crippen LogP contribution in [0.5, 0.6) is 0 Å². The van der Waals surface area contributed by atoms with Gasteiger partial charge in [0.2, 0.25) is 0 Å². The summed E-state index contributed by atoms with van der Waals surface area (Å²) < 4.78 is 0. The van der Waals surface area contributed by atoms with Crippen LogP contribution in [0, 0.1) is 0 Å². The van der Waals surface area contributed by atoms with Gasteiger partial charge in [-0.3, -0.25) is 4.79 Å². The van der Waals surface area contributed by atoms with E-state index in [2.05, 4.69) is 10.3 Å². The number of hydrogen-bond acceptors (Lipinski definition) is 4. The monoisotopic (exact) mass is 236 g/mol. The number of nitrogens with one attached hydrogen (secondary N) is 1. The largest absolute Gasteiger partial charge is 0.478 e. The molecule has 5 nitrogen and oxygen atoms in total. The number of carboxylic acid groups (broad SMARTS) is 1. The topological polar surface area (TPSA) is 78.8 Å². The van der Waals surface area contributed by atoms with Crippen LogP contribution in [0.4, 0.5) is 10.5 Å². The molecule has 6 heteroatoms. The standard InChI is InChI=1S/C10H8N2O3S/c13-9(14)6-3-1-2-4-7(6)11-8-5-16-10(15)12-8/h1-4H,5H2,(H,13,14)(H,11,12,15). The number of carbonyl (C=O) groups is 2. The van der Waals surface area contributed by atoms with Gasteiger partial charge in [-0.25, -0.2) is 9.79 Å². The van der Waals surface area contributed by atoms with Crippen molar-refractivity contribution in [3.63, 3.8) is 0 Å². The molecule has 0 saturated carbocycles. The van der Waals surface area contributed by atoms with Crippen LogP contribution in [0.15, 0.2) is 29.3 Å². The first-order valence-corrected chi connectivity index (χ1v) is 5.49. The zero-order chi connectivity index (χ0) is 11.5. The summed E-state index contributed by atoms with van der Waals surface area (Å²) in [5.74, 6) is -0.0899. The van der Waals surface area contributed by atoms with Gasteiger partial charge in [-0.1, -0.05) is 23.9 Å². The second kappa shape index (κ2) is 4.36. The molecule has 1 aromatic carbocycles. The Balaban J connectivity index is 2.34. The summed E-state index contributed by atoms with van der Waals surface area (Å²) in [7, 11) is 0. The molecule has 0 radical (unpaired) electrons. The quantitative estimate of drug-likeness (QED) is 0.821. The van der Waals surface area contributed by atoms with E-state index in [0.29, 0.717) is 17.3 Å². The number of para-hydroxylation sites is 1. The molecule has 16 heavy (non-hydrogen) atoms. The van der Waals surface area contributed by atoms with Gasteiger partial charge in [0.05, 0.1) is 17.0 Å². The molecule has 1 saturated heterocycles. The van der Waals surface area contributed by atoms with Crippen molar-refractivity contribution in [2.45, 2.75) is 0 Å². The highest BCUT2D eigenvalue weighted by Crippen LogP contribution is 2.20. The summed E-state index contributed by atoms with van der Waals surface area (Å²) in [6, 6.07) is 6.42. The summed E-state index contributed by atoms with van der Waals surface area (Å²) in [5, 5.41) is 11.3. The first-order chi connectivity index (χ1) is 7.66. The van der Waals surface area contributed by atoms with E-state index in [1.165, 1.54) is 6.07 Å². The molecule has 0 atom stereocenters. The lowest BCUT2D eigenvalue weighted by Gasteiger charge is -2.01. The van der Waals surface area contributed by atoms with Crippen molar-refractivity contribution < 1.29 is 14.7 Å². The normalized spacial score (nSPS) is 17.5. The van der Waals surface area contributed by atoms with Gasteiger partial charge in [0, 0.05) is 0 Å². The summed E-state index contributed by atoms with van der Waals surface area (Å²) in [5.41, 5.74) is 0.481. The zero-order valence-electron chi connectivity index (χ0n) is 8.14. The maximum Gasteiger partial charge on any atom is 0.337 e. The molecule has 2 rings (SSSR count). The number of aromatic carboxylic acids is 1. The Bertz CT molecular complexity index is 485. The molecule has 1 fully saturated rings. The van der Waals surface area contributed by atoms with Crippen molar-refractivity contribution in [1.82, 2.24) is 5.32 Å². The molecular formula is C10H8N2O3S. The van der Waals surface area contributed by atoms with Crippen molar-refractivity contribution in [2.24, 2.45) is 4.99 Å². The van der Waals surface area contributed by atoms with Crippen LogP contribution >= 0.6 is 11.8 Å². The number of carboxylic acids is 1. The Kier molecular flexibility index (Phi) is 2.91. The van der Waals surface area contributed by atoms with E-state index >= 15 is 0 Å². The van der Waals surface area contributed by atoms with Crippen molar-refractivity contribution in [2.75, 3.05) is 5.75 Å². The first-order valence-electron chi connectivity index (χ1n) is 4.50. The molecule has 0 unspecified atom stereocenters. The molecule has 0 spiro atoms. The van der Waals surface area contributed by atoms with Crippen LogP contribution in [-0.4, -0.2) is 27.9 Å². The third kappa shape index (κ3) is 2.22. The van der Waals surface area contributed by atoms with Gasteiger partial charge < -0.3 is 10.4 Å². The predicted molar refractivity (Wildman–Crippen MR) is 61.5 cm³/mol. The number of hydrogen-bond donors (Lipinski definition) is 2. The Morgan fingerprint density at radius 1 is 1.44 bits per heavy atom. The highest BCUT2D eigenvalue weighted by molar-refractivity contribution is 8.14. The van der Waals surface area contributed by atoms with Crippen LogP contribution < -0.4 is 5.32 Å². The van der Waals surface area contributed by atoms with E-state index in [1.54, 1.807) is 18.2 Å². The summed E-state index contributed by atoms with van der Waals surface area (Å²) in [4.78, 5) is 25.9. The van der Waals surface area contributed by atoms with Crippen molar-refractivity contribution >= 4 is 34.5 Å². The van der Waals surface area contributed by atoms with Crippen molar-refractivity contribution in [3.05, 3.63) is 29.8 Å². The third-order valence-corrected chi connectivity index (χ3v) is 2.76. The predicted octanol–water partition coefficient (Wildman–Crippen LogP) is 1.87. The van der Waals surface area contributed by atoms with Crippen LogP contribution in [0.2, 0.25) is 0 Å². The lowest BCUT2D eigenvalue weighted by Crippen LogP contribution is -2.19. The van der Waals surface area contributed by atoms with Crippen LogP contribution in [0.1, 0.15) is 10.4 Å². The van der Waals surface area contributed by atoms with E-state index in [1.807, 2.05) is 0 Å². The lowest BCUT2D eigenvalue weighted by atomic mass is 10.2. The fourth-order valence-corrected chi connectivity index (χ4v) is 1.88. The molecule has 0 aromatic heterocycles. The van der Waals surface area contributed by atoms with E-state index in [0.717, 1.165) is 11.8 Å². The Morgan fingerprint density at radius 3 is 2.81 bits per heavy atom. The fourth-order valence-electron chi connectivity index (χ4n) is 1.28. The molecular weight excluding hydrogens is 228 g/mol. The molecule has 0 bridgehead atoms. The Labute approximate surface area is 95.6 Å². The minimum absolute atomic E-state index is 0.126. The number of thioether (sulfide) groups is 1. The number of amidine groups is 1. The second-order valence-corrected chi connectivity index (χ2v) is 4.03. The minimum Gasteiger partial charge on any atom is -0.478 e. The van der Waals surface area contributed by atoms with Crippen LogP contribution in [0.25, 0.3) is 0 Å². The SMILES string of the molecule is O=C1NC(=Nc2ccccc2C(=O)O)CS1. The van der Waals surface area contributed by atoms with Gasteiger partial charge in [0.1, 0.15) is 5.84 Å². The number of nitrogens with zero attached hydrogens (tertiary/aromatic N) is 1. The van der Waals surface area contributed by atoms with Crippen LogP contribution in [-0.2, 0) is 0 Å². The van der Waals surface area contributed by atoms with E-state index in [9.17, 15) is 9.59 Å². The first kappa shape index (κ1) is 10.7. The molecule has 0 aliphatic carbocycles. The second-order valence-electron chi connectivity index (χ2n) is 3.08. The molecule has 1 heterocycles. The van der Waals surface area contributed by atoms with Crippen molar-refractivity contribution in [3.8, 4) is 0 Å². The number of carbonyl (C=O) groups excluding carboxylic acids is 1. The van der Waals surface area contributed by atoms with E-state index in [4.69, 9.17) is 5.11 Å². The Hall–Kier alpha value is -1.82. The van der Waals surface area contributed by atoms with Gasteiger partial charge in [-0.2, -0.15) is 0 Å². The number of aliphatic imine (C=N–C) groups is 1. The minimum atomic E-state index is -1.03. The molecule has 82 valence electrons. The Morgan fingerprint density at radius 2 is 2.19 bits per heavy atom. The molecule has 1 amide bonds. The molecule has 1 aliphatic rings. The maximum absolute atomic E-state index is 10.9. The van der Waals surface area contributed by atoms with Crippen molar-refractivity contribution in [1.29, 1.82) is 0 Å². The fraction of sp³-hybridized carbons (Fsp3) is 0.100. The third-order valence-electron chi connectivity index (χ3n) is 1.98. The average molecular weight is 236 g/mol. The van der Waals surface area contributed by atoms with Gasteiger partial charge >= 0.3 is 5.97 Å². The zero-order valence-corrected chi connectivity index (χ0v) is 8.95. The molecule has 1 aromatic rings. The van der Waals surface area contributed by atoms with E-state index < -0.39 is 5.97 Å². The maximum atomic E-state index is 10.9. The summed E-state index contributed by atoms with van der Waals surface area (Å²) in [6.07, 6.45) is 0. The number of rotatable bonds is 2. The van der Waals surface area contributed by atoms with Gasteiger partial charge in [-0.15, -0.1) is 0 Å².